The predicted molar refractivity (Wildman–Crippen MR) is 114 cm³/mol. The van der Waals surface area contributed by atoms with Gasteiger partial charge in [-0.3, -0.25) is 14.9 Å². The maximum atomic E-state index is 12.2. The molecule has 2 aromatic carbocycles. The summed E-state index contributed by atoms with van der Waals surface area (Å²) in [6.45, 7) is 3.88. The minimum atomic E-state index is -0.508. The molecule has 0 spiro atoms. The van der Waals surface area contributed by atoms with Crippen LogP contribution in [0.3, 0.4) is 0 Å². The number of amides is 1. The molecule has 9 nitrogen and oxygen atoms in total. The second-order valence-corrected chi connectivity index (χ2v) is 7.56. The van der Waals surface area contributed by atoms with Crippen LogP contribution in [0.4, 0.5) is 11.4 Å². The quantitative estimate of drug-likeness (QED) is 0.329. The Morgan fingerprint density at radius 2 is 2.03 bits per heavy atom. The van der Waals surface area contributed by atoms with Crippen molar-refractivity contribution >= 4 is 29.0 Å². The first-order valence-corrected chi connectivity index (χ1v) is 10.1. The number of ether oxygens (including phenoxy) is 1. The highest BCUT2D eigenvalue weighted by atomic mass is 32.2. The molecule has 1 amide bonds. The van der Waals surface area contributed by atoms with Crippen LogP contribution in [-0.4, -0.2) is 31.3 Å². The first kappa shape index (κ1) is 21.3. The van der Waals surface area contributed by atoms with Crippen molar-refractivity contribution < 1.29 is 14.5 Å². The maximum Gasteiger partial charge on any atom is 0.271 e. The second kappa shape index (κ2) is 9.40. The minimum Gasteiger partial charge on any atom is -0.483 e. The van der Waals surface area contributed by atoms with Crippen LogP contribution < -0.4 is 10.1 Å². The number of hydrogen-bond donors (Lipinski definition) is 1. The Hall–Kier alpha value is -3.40. The molecule has 156 valence electrons. The summed E-state index contributed by atoms with van der Waals surface area (Å²) < 4.78 is 7.73. The maximum absolute atomic E-state index is 12.2. The van der Waals surface area contributed by atoms with Crippen molar-refractivity contribution in [1.29, 1.82) is 0 Å². The summed E-state index contributed by atoms with van der Waals surface area (Å²) >= 11 is 1.22. The molecule has 0 aliphatic heterocycles. The third-order valence-electron chi connectivity index (χ3n) is 4.21. The molecule has 1 atom stereocenters. The molecule has 0 aliphatic rings. The molecule has 0 saturated heterocycles. The van der Waals surface area contributed by atoms with E-state index >= 15 is 0 Å². The van der Waals surface area contributed by atoms with E-state index in [1.54, 1.807) is 10.6 Å². The average Bonchev–Trinajstić information content (AvgIpc) is 3.07. The summed E-state index contributed by atoms with van der Waals surface area (Å²) in [5.41, 5.74) is 1.39. The Kier molecular flexibility index (Phi) is 6.68. The Balaban J connectivity index is 1.59. The fourth-order valence-corrected chi connectivity index (χ4v) is 3.49. The van der Waals surface area contributed by atoms with Gasteiger partial charge in [0.05, 0.1) is 10.7 Å². The highest BCUT2D eigenvalue weighted by molar-refractivity contribution is 7.99. The molecule has 0 bridgehead atoms. The predicted octanol–water partition coefficient (Wildman–Crippen LogP) is 3.90. The van der Waals surface area contributed by atoms with Gasteiger partial charge in [-0.1, -0.05) is 30.0 Å². The number of nitro benzene ring substituents is 1. The SMILES string of the molecule is Cc1cccc(OC(C)c2nnc(SCC(=O)Nc3cccc([N+](=O)[O-])c3)n2C)c1. The lowest BCUT2D eigenvalue weighted by Crippen LogP contribution is -2.15. The van der Waals surface area contributed by atoms with Crippen LogP contribution in [0.15, 0.2) is 53.7 Å². The summed E-state index contributed by atoms with van der Waals surface area (Å²) in [5.74, 6) is 1.17. The van der Waals surface area contributed by atoms with E-state index in [0.29, 0.717) is 16.7 Å². The molecule has 0 fully saturated rings. The molecule has 1 heterocycles. The van der Waals surface area contributed by atoms with Crippen molar-refractivity contribution in [2.45, 2.75) is 25.1 Å². The number of hydrogen-bond acceptors (Lipinski definition) is 7. The Morgan fingerprint density at radius 3 is 2.77 bits per heavy atom. The number of nitrogens with zero attached hydrogens (tertiary/aromatic N) is 4. The fraction of sp³-hybridized carbons (Fsp3) is 0.250. The topological polar surface area (TPSA) is 112 Å². The third-order valence-corrected chi connectivity index (χ3v) is 5.23. The van der Waals surface area contributed by atoms with E-state index in [1.807, 2.05) is 45.2 Å². The van der Waals surface area contributed by atoms with Crippen LogP contribution >= 0.6 is 11.8 Å². The van der Waals surface area contributed by atoms with E-state index in [4.69, 9.17) is 4.74 Å². The first-order chi connectivity index (χ1) is 14.3. The molecule has 3 rings (SSSR count). The van der Waals surface area contributed by atoms with Gasteiger partial charge in [0.1, 0.15) is 5.75 Å². The smallest absolute Gasteiger partial charge is 0.271 e. The van der Waals surface area contributed by atoms with Crippen molar-refractivity contribution in [1.82, 2.24) is 14.8 Å². The van der Waals surface area contributed by atoms with Crippen LogP contribution in [0, 0.1) is 17.0 Å². The van der Waals surface area contributed by atoms with Gasteiger partial charge in [-0.15, -0.1) is 10.2 Å². The molecule has 0 saturated carbocycles. The number of aryl methyl sites for hydroxylation is 1. The Bertz CT molecular complexity index is 1070. The van der Waals surface area contributed by atoms with Crippen LogP contribution in [0.5, 0.6) is 5.75 Å². The van der Waals surface area contributed by atoms with E-state index in [1.165, 1.54) is 30.0 Å². The molecule has 30 heavy (non-hydrogen) atoms. The van der Waals surface area contributed by atoms with Gasteiger partial charge < -0.3 is 14.6 Å². The summed E-state index contributed by atoms with van der Waals surface area (Å²) in [7, 11) is 1.81. The number of benzene rings is 2. The number of non-ortho nitro benzene ring substituents is 1. The van der Waals surface area contributed by atoms with Crippen LogP contribution in [0.1, 0.15) is 24.4 Å². The van der Waals surface area contributed by atoms with E-state index in [-0.39, 0.29) is 23.5 Å². The van der Waals surface area contributed by atoms with Gasteiger partial charge in [0.25, 0.3) is 5.69 Å². The first-order valence-electron chi connectivity index (χ1n) is 9.13. The Morgan fingerprint density at radius 1 is 1.27 bits per heavy atom. The van der Waals surface area contributed by atoms with Crippen molar-refractivity contribution in [3.05, 3.63) is 70.0 Å². The Labute approximate surface area is 177 Å². The van der Waals surface area contributed by atoms with E-state index < -0.39 is 4.92 Å². The lowest BCUT2D eigenvalue weighted by Gasteiger charge is -2.14. The summed E-state index contributed by atoms with van der Waals surface area (Å²) in [4.78, 5) is 22.5. The van der Waals surface area contributed by atoms with Crippen molar-refractivity contribution in [2.24, 2.45) is 7.05 Å². The van der Waals surface area contributed by atoms with Crippen molar-refractivity contribution in [3.8, 4) is 5.75 Å². The molecule has 1 N–H and O–H groups in total. The van der Waals surface area contributed by atoms with Crippen molar-refractivity contribution in [2.75, 3.05) is 11.1 Å². The second-order valence-electron chi connectivity index (χ2n) is 6.62. The summed E-state index contributed by atoms with van der Waals surface area (Å²) in [5, 5.41) is 22.4. The standard InChI is InChI=1S/C20H21N5O4S/c1-13-6-4-9-17(10-13)29-14(2)19-22-23-20(24(19)3)30-12-18(26)21-15-7-5-8-16(11-15)25(27)28/h4-11,14H,12H2,1-3H3,(H,21,26). The van der Waals surface area contributed by atoms with E-state index in [2.05, 4.69) is 15.5 Å². The van der Waals surface area contributed by atoms with Gasteiger partial charge in [0, 0.05) is 24.9 Å². The number of anilines is 1. The summed E-state index contributed by atoms with van der Waals surface area (Å²) in [6.07, 6.45) is -0.322. The number of nitro groups is 1. The number of rotatable bonds is 8. The van der Waals surface area contributed by atoms with Crippen LogP contribution in [-0.2, 0) is 11.8 Å². The highest BCUT2D eigenvalue weighted by Gasteiger charge is 2.18. The molecular formula is C20H21N5O4S. The zero-order chi connectivity index (χ0) is 21.7. The monoisotopic (exact) mass is 427 g/mol. The molecule has 10 heteroatoms. The van der Waals surface area contributed by atoms with Crippen molar-refractivity contribution in [3.63, 3.8) is 0 Å². The van der Waals surface area contributed by atoms with E-state index in [0.717, 1.165) is 11.3 Å². The lowest BCUT2D eigenvalue weighted by atomic mass is 10.2. The fourth-order valence-electron chi connectivity index (χ4n) is 2.78. The number of carbonyl (C=O) groups excluding carboxylic acids is 1. The zero-order valence-corrected chi connectivity index (χ0v) is 17.5. The molecule has 1 unspecified atom stereocenters. The largest absolute Gasteiger partial charge is 0.483 e. The molecular weight excluding hydrogens is 406 g/mol. The van der Waals surface area contributed by atoms with Gasteiger partial charge >= 0.3 is 0 Å². The average molecular weight is 427 g/mol. The van der Waals surface area contributed by atoms with Gasteiger partial charge in [0.2, 0.25) is 5.91 Å². The van der Waals surface area contributed by atoms with E-state index in [9.17, 15) is 14.9 Å². The molecule has 0 radical (unpaired) electrons. The minimum absolute atomic E-state index is 0.0824. The van der Waals surface area contributed by atoms with Crippen LogP contribution in [0.2, 0.25) is 0 Å². The third kappa shape index (κ3) is 5.35. The molecule has 3 aromatic rings. The number of carbonyl (C=O) groups is 1. The normalized spacial score (nSPS) is 11.7. The number of nitrogens with one attached hydrogen (secondary N) is 1. The zero-order valence-electron chi connectivity index (χ0n) is 16.7. The number of aromatic nitrogens is 3. The van der Waals surface area contributed by atoms with Gasteiger partial charge in [-0.25, -0.2) is 0 Å². The van der Waals surface area contributed by atoms with Gasteiger partial charge in [-0.2, -0.15) is 0 Å². The van der Waals surface area contributed by atoms with Crippen LogP contribution in [0.25, 0.3) is 0 Å². The molecule has 0 aliphatic carbocycles. The lowest BCUT2D eigenvalue weighted by molar-refractivity contribution is -0.384. The highest BCUT2D eigenvalue weighted by Crippen LogP contribution is 2.24. The number of thioether (sulfide) groups is 1. The summed E-state index contributed by atoms with van der Waals surface area (Å²) in [6, 6.07) is 13.5. The van der Waals surface area contributed by atoms with Gasteiger partial charge in [0.15, 0.2) is 17.1 Å². The van der Waals surface area contributed by atoms with Gasteiger partial charge in [-0.05, 0) is 37.6 Å². The molecule has 1 aromatic heterocycles.